The number of nitriles is 2. The van der Waals surface area contributed by atoms with E-state index in [1.54, 1.807) is 23.5 Å². The number of benzene rings is 2. The van der Waals surface area contributed by atoms with Crippen LogP contribution in [-0.4, -0.2) is 26.9 Å². The third-order valence-corrected chi connectivity index (χ3v) is 7.29. The predicted octanol–water partition coefficient (Wildman–Crippen LogP) is 3.91. The second kappa shape index (κ2) is 6.51. The van der Waals surface area contributed by atoms with Gasteiger partial charge in [0.05, 0.1) is 46.4 Å². The van der Waals surface area contributed by atoms with Gasteiger partial charge in [-0.1, -0.05) is 12.1 Å². The SMILES string of the molecule is N#Cc1cccc(C2CC=NN2C(=O)C23CC(Cn4ncc5cc(C#N)ccc54)(C2)C3)c1. The van der Waals surface area contributed by atoms with E-state index in [9.17, 15) is 10.1 Å². The Kier molecular flexibility index (Phi) is 3.82. The second-order valence-corrected chi connectivity index (χ2v) is 9.43. The zero-order valence-electron chi connectivity index (χ0n) is 17.4. The lowest BCUT2D eigenvalue weighted by Crippen LogP contribution is -2.68. The summed E-state index contributed by atoms with van der Waals surface area (Å²) >= 11 is 0. The molecular weight excluding hydrogens is 400 g/mol. The molecule has 2 heterocycles. The molecule has 3 fully saturated rings. The van der Waals surface area contributed by atoms with Gasteiger partial charge in [-0.15, -0.1) is 0 Å². The highest BCUT2D eigenvalue weighted by Crippen LogP contribution is 2.74. The van der Waals surface area contributed by atoms with E-state index in [1.165, 1.54) is 0 Å². The number of aromatic nitrogens is 2. The summed E-state index contributed by atoms with van der Waals surface area (Å²) in [5.41, 5.74) is 3.01. The van der Waals surface area contributed by atoms with E-state index in [1.807, 2.05) is 41.1 Å². The van der Waals surface area contributed by atoms with Crippen LogP contribution < -0.4 is 0 Å². The van der Waals surface area contributed by atoms with E-state index in [4.69, 9.17) is 5.26 Å². The van der Waals surface area contributed by atoms with Gasteiger partial charge in [-0.2, -0.15) is 20.7 Å². The first-order valence-electron chi connectivity index (χ1n) is 10.8. The summed E-state index contributed by atoms with van der Waals surface area (Å²) in [5.74, 6) is 0.101. The molecule has 1 amide bonds. The Morgan fingerprint density at radius 3 is 2.66 bits per heavy atom. The normalized spacial score (nSPS) is 27.4. The van der Waals surface area contributed by atoms with Gasteiger partial charge in [0.25, 0.3) is 0 Å². The highest BCUT2D eigenvalue weighted by Gasteiger charge is 2.72. The summed E-state index contributed by atoms with van der Waals surface area (Å²) in [6.07, 6.45) is 6.84. The van der Waals surface area contributed by atoms with E-state index in [-0.39, 0.29) is 22.8 Å². The fraction of sp³-hybridized carbons (Fsp3) is 0.320. The van der Waals surface area contributed by atoms with Crippen LogP contribution in [0.4, 0.5) is 0 Å². The molecular formula is C25H20N6O. The number of fused-ring (bicyclic) bond motifs is 1. The Hall–Kier alpha value is -3.97. The van der Waals surface area contributed by atoms with Gasteiger partial charge in [-0.25, -0.2) is 5.01 Å². The molecule has 2 bridgehead atoms. The summed E-state index contributed by atoms with van der Waals surface area (Å²) in [5, 5.41) is 29.9. The Labute approximate surface area is 185 Å². The van der Waals surface area contributed by atoms with Crippen LogP contribution in [0.2, 0.25) is 0 Å². The molecule has 2 aromatic carbocycles. The van der Waals surface area contributed by atoms with Crippen LogP contribution in [0.1, 0.15) is 48.4 Å². The molecule has 7 heteroatoms. The van der Waals surface area contributed by atoms with E-state index >= 15 is 0 Å². The van der Waals surface area contributed by atoms with Crippen LogP contribution in [0, 0.1) is 33.5 Å². The molecule has 0 radical (unpaired) electrons. The van der Waals surface area contributed by atoms with Crippen molar-refractivity contribution in [1.29, 1.82) is 10.5 Å². The molecule has 1 aromatic heterocycles. The van der Waals surface area contributed by atoms with Gasteiger partial charge in [-0.3, -0.25) is 9.48 Å². The quantitative estimate of drug-likeness (QED) is 0.639. The summed E-state index contributed by atoms with van der Waals surface area (Å²) in [6, 6.07) is 17.3. The largest absolute Gasteiger partial charge is 0.272 e. The average molecular weight is 420 g/mol. The van der Waals surface area contributed by atoms with Crippen molar-refractivity contribution in [2.24, 2.45) is 15.9 Å². The first kappa shape index (κ1) is 18.8. The van der Waals surface area contributed by atoms with Crippen molar-refractivity contribution in [3.63, 3.8) is 0 Å². The van der Waals surface area contributed by atoms with Crippen molar-refractivity contribution in [2.45, 2.75) is 38.3 Å². The number of carbonyl (C=O) groups is 1. The standard InChI is InChI=1S/C25H20N6O/c26-10-17-2-1-3-19(8-17)22-6-7-28-31(22)23(32)25-13-24(14-25,15-25)16-30-21-5-4-18(11-27)9-20(21)12-29-30/h1-5,7-9,12,22H,6,13-16H2. The first-order chi connectivity index (χ1) is 15.5. The van der Waals surface area contributed by atoms with E-state index in [0.717, 1.165) is 42.3 Å². The number of hydrazone groups is 1. The smallest absolute Gasteiger partial charge is 0.249 e. The fourth-order valence-corrected chi connectivity index (χ4v) is 5.94. The monoisotopic (exact) mass is 420 g/mol. The maximum absolute atomic E-state index is 13.4. The summed E-state index contributed by atoms with van der Waals surface area (Å²) in [7, 11) is 0. The lowest BCUT2D eigenvalue weighted by molar-refractivity contribution is -0.223. The third-order valence-electron chi connectivity index (χ3n) is 7.29. The highest BCUT2D eigenvalue weighted by atomic mass is 16.2. The molecule has 7 rings (SSSR count). The predicted molar refractivity (Wildman–Crippen MR) is 117 cm³/mol. The third kappa shape index (κ3) is 2.61. The maximum atomic E-state index is 13.4. The molecule has 32 heavy (non-hydrogen) atoms. The van der Waals surface area contributed by atoms with Crippen molar-refractivity contribution in [3.8, 4) is 12.1 Å². The van der Waals surface area contributed by atoms with E-state index < -0.39 is 0 Å². The number of carbonyl (C=O) groups excluding carboxylic acids is 1. The number of hydrogen-bond donors (Lipinski definition) is 0. The van der Waals surface area contributed by atoms with Crippen LogP contribution in [-0.2, 0) is 11.3 Å². The number of nitrogens with zero attached hydrogens (tertiary/aromatic N) is 6. The number of amides is 1. The number of hydrogen-bond acceptors (Lipinski definition) is 5. The molecule has 3 aromatic rings. The van der Waals surface area contributed by atoms with Gasteiger partial charge in [0.1, 0.15) is 0 Å². The molecule has 0 spiro atoms. The van der Waals surface area contributed by atoms with Crippen molar-refractivity contribution < 1.29 is 4.79 Å². The maximum Gasteiger partial charge on any atom is 0.249 e. The molecule has 0 saturated heterocycles. The molecule has 4 aliphatic rings. The Morgan fingerprint density at radius 1 is 1.09 bits per heavy atom. The van der Waals surface area contributed by atoms with Crippen LogP contribution in [0.3, 0.4) is 0 Å². The van der Waals surface area contributed by atoms with E-state index in [0.29, 0.717) is 17.5 Å². The first-order valence-corrected chi connectivity index (χ1v) is 10.8. The van der Waals surface area contributed by atoms with Gasteiger partial charge < -0.3 is 0 Å². The summed E-state index contributed by atoms with van der Waals surface area (Å²) in [6.45, 7) is 0.786. The minimum Gasteiger partial charge on any atom is -0.272 e. The minimum absolute atomic E-state index is 0.101. The Morgan fingerprint density at radius 2 is 1.88 bits per heavy atom. The lowest BCUT2D eigenvalue weighted by Gasteiger charge is -2.69. The van der Waals surface area contributed by atoms with E-state index in [2.05, 4.69) is 22.3 Å². The minimum atomic E-state index is -0.316. The van der Waals surface area contributed by atoms with Crippen molar-refractivity contribution >= 4 is 23.0 Å². The average Bonchev–Trinajstić information content (AvgIpc) is 3.41. The van der Waals surface area contributed by atoms with Crippen LogP contribution in [0.15, 0.2) is 53.8 Å². The molecule has 0 N–H and O–H groups in total. The fourth-order valence-electron chi connectivity index (χ4n) is 5.94. The lowest BCUT2D eigenvalue weighted by atomic mass is 9.34. The van der Waals surface area contributed by atoms with Gasteiger partial charge in [-0.05, 0) is 60.6 Å². The molecule has 3 aliphatic carbocycles. The second-order valence-electron chi connectivity index (χ2n) is 9.43. The zero-order valence-corrected chi connectivity index (χ0v) is 17.4. The number of rotatable bonds is 4. The highest BCUT2D eigenvalue weighted by molar-refractivity contribution is 5.88. The zero-order chi connectivity index (χ0) is 21.9. The van der Waals surface area contributed by atoms with Crippen molar-refractivity contribution in [3.05, 3.63) is 65.4 Å². The molecule has 3 saturated carbocycles. The molecule has 1 unspecified atom stereocenters. The summed E-state index contributed by atoms with van der Waals surface area (Å²) in [4.78, 5) is 13.4. The van der Waals surface area contributed by atoms with Gasteiger partial charge in [0, 0.05) is 24.6 Å². The Bertz CT molecular complexity index is 1370. The summed E-state index contributed by atoms with van der Waals surface area (Å²) < 4.78 is 2.01. The van der Waals surface area contributed by atoms with Crippen LogP contribution in [0.5, 0.6) is 0 Å². The van der Waals surface area contributed by atoms with Crippen molar-refractivity contribution in [1.82, 2.24) is 14.8 Å². The van der Waals surface area contributed by atoms with Gasteiger partial charge in [0.2, 0.25) is 5.91 Å². The molecule has 7 nitrogen and oxygen atoms in total. The topological polar surface area (TPSA) is 98.1 Å². The van der Waals surface area contributed by atoms with Crippen LogP contribution in [0.25, 0.3) is 10.9 Å². The van der Waals surface area contributed by atoms with Gasteiger partial charge in [0.15, 0.2) is 0 Å². The Balaban J connectivity index is 1.17. The molecule has 156 valence electrons. The molecule has 1 atom stereocenters. The van der Waals surface area contributed by atoms with Crippen molar-refractivity contribution in [2.75, 3.05) is 0 Å². The molecule has 1 aliphatic heterocycles. The van der Waals surface area contributed by atoms with Gasteiger partial charge >= 0.3 is 0 Å². The van der Waals surface area contributed by atoms with Crippen LogP contribution >= 0.6 is 0 Å².